The number of methoxy groups -OCH3 is 1. The number of carbonyl (C=O) groups excluding carboxylic acids is 1. The molecule has 1 aliphatic heterocycles. The normalized spacial score (nSPS) is 15.4. The first-order valence-corrected chi connectivity index (χ1v) is 14.5. The minimum absolute atomic E-state index is 0.0495. The Morgan fingerprint density at radius 2 is 1.84 bits per heavy atom. The van der Waals surface area contributed by atoms with E-state index in [-0.39, 0.29) is 18.3 Å². The maximum absolute atomic E-state index is 13.9. The molecule has 0 bridgehead atoms. The van der Waals surface area contributed by atoms with Crippen LogP contribution in [-0.4, -0.2) is 30.4 Å². The SMILES string of the molecule is CCOC(=O)C1=C(C)N=c2s/c(=C/c3cc(Br)c(C)c(Br)c3)c(=O)n2[C@@H]1c1ccc(OC(C)C)c(OC)c1. The van der Waals surface area contributed by atoms with Crippen LogP contribution in [0.2, 0.25) is 0 Å². The molecule has 0 radical (unpaired) electrons. The second kappa shape index (κ2) is 11.6. The van der Waals surface area contributed by atoms with Gasteiger partial charge in [0, 0.05) is 8.95 Å². The van der Waals surface area contributed by atoms with Crippen LogP contribution in [0.15, 0.2) is 60.3 Å². The van der Waals surface area contributed by atoms with Crippen molar-refractivity contribution in [1.29, 1.82) is 0 Å². The van der Waals surface area contributed by atoms with Crippen LogP contribution in [0.5, 0.6) is 11.5 Å². The Hall–Kier alpha value is -2.69. The maximum atomic E-state index is 13.9. The van der Waals surface area contributed by atoms with Crippen LogP contribution in [0.4, 0.5) is 0 Å². The van der Waals surface area contributed by atoms with Crippen molar-refractivity contribution >= 4 is 55.2 Å². The Balaban J connectivity index is 1.95. The predicted octanol–water partition coefficient (Wildman–Crippen LogP) is 5.43. The molecular formula is C28H28Br2N2O5S. The maximum Gasteiger partial charge on any atom is 0.338 e. The predicted molar refractivity (Wildman–Crippen MR) is 156 cm³/mol. The van der Waals surface area contributed by atoms with E-state index >= 15 is 0 Å². The molecule has 1 aliphatic rings. The van der Waals surface area contributed by atoms with E-state index in [1.165, 1.54) is 11.3 Å². The van der Waals surface area contributed by atoms with Crippen molar-refractivity contribution in [3.05, 3.63) is 86.9 Å². The van der Waals surface area contributed by atoms with E-state index in [0.29, 0.717) is 37.7 Å². The van der Waals surface area contributed by atoms with Gasteiger partial charge in [-0.1, -0.05) is 49.3 Å². The molecule has 10 heteroatoms. The van der Waals surface area contributed by atoms with Crippen LogP contribution < -0.4 is 24.4 Å². The average Bonchev–Trinajstić information content (AvgIpc) is 3.15. The number of benzene rings is 2. The Morgan fingerprint density at radius 3 is 2.45 bits per heavy atom. The van der Waals surface area contributed by atoms with Crippen molar-refractivity contribution in [2.45, 2.75) is 46.8 Å². The average molecular weight is 664 g/mol. The molecule has 4 rings (SSSR count). The second-order valence-electron chi connectivity index (χ2n) is 8.99. The first kappa shape index (κ1) is 28.3. The highest BCUT2D eigenvalue weighted by Crippen LogP contribution is 2.36. The van der Waals surface area contributed by atoms with Crippen LogP contribution >= 0.6 is 43.2 Å². The van der Waals surface area contributed by atoms with Crippen LogP contribution in [0.1, 0.15) is 50.4 Å². The van der Waals surface area contributed by atoms with Crippen molar-refractivity contribution < 1.29 is 19.0 Å². The number of carbonyl (C=O) groups is 1. The number of rotatable bonds is 7. The molecule has 1 atom stereocenters. The summed E-state index contributed by atoms with van der Waals surface area (Å²) in [4.78, 5) is 32.2. The van der Waals surface area contributed by atoms with Crippen LogP contribution in [0.3, 0.4) is 0 Å². The molecule has 0 spiro atoms. The summed E-state index contributed by atoms with van der Waals surface area (Å²) in [5, 5.41) is 0. The van der Waals surface area contributed by atoms with E-state index in [4.69, 9.17) is 14.2 Å². The molecule has 1 aromatic heterocycles. The van der Waals surface area contributed by atoms with Gasteiger partial charge >= 0.3 is 5.97 Å². The van der Waals surface area contributed by atoms with E-state index in [2.05, 4.69) is 36.9 Å². The van der Waals surface area contributed by atoms with Gasteiger partial charge in [0.15, 0.2) is 16.3 Å². The van der Waals surface area contributed by atoms with Gasteiger partial charge < -0.3 is 14.2 Å². The van der Waals surface area contributed by atoms with Gasteiger partial charge in [0.25, 0.3) is 5.56 Å². The summed E-state index contributed by atoms with van der Waals surface area (Å²) in [6.45, 7) is 9.57. The molecule has 2 aromatic carbocycles. The van der Waals surface area contributed by atoms with Gasteiger partial charge in [0.2, 0.25) is 0 Å². The number of allylic oxidation sites excluding steroid dienone is 1. The quantitative estimate of drug-likeness (QED) is 0.315. The third-order valence-corrected chi connectivity index (χ3v) is 8.61. The minimum Gasteiger partial charge on any atom is -0.493 e. The number of fused-ring (bicyclic) bond motifs is 1. The van der Waals surface area contributed by atoms with Crippen molar-refractivity contribution in [3.63, 3.8) is 0 Å². The lowest BCUT2D eigenvalue weighted by atomic mass is 9.95. The summed E-state index contributed by atoms with van der Waals surface area (Å²) < 4.78 is 20.8. The van der Waals surface area contributed by atoms with E-state index in [0.717, 1.165) is 20.1 Å². The highest BCUT2D eigenvalue weighted by molar-refractivity contribution is 9.11. The lowest BCUT2D eigenvalue weighted by Crippen LogP contribution is -2.40. The monoisotopic (exact) mass is 662 g/mol. The Bertz CT molecular complexity index is 1600. The number of esters is 1. The highest BCUT2D eigenvalue weighted by Gasteiger charge is 2.34. The molecule has 0 fully saturated rings. The molecule has 2 heterocycles. The van der Waals surface area contributed by atoms with Crippen LogP contribution in [0, 0.1) is 6.92 Å². The van der Waals surface area contributed by atoms with Crippen molar-refractivity contribution in [2.75, 3.05) is 13.7 Å². The Labute approximate surface area is 241 Å². The zero-order valence-corrected chi connectivity index (χ0v) is 25.9. The first-order chi connectivity index (χ1) is 18.0. The van der Waals surface area contributed by atoms with Crippen LogP contribution in [-0.2, 0) is 9.53 Å². The molecule has 3 aromatic rings. The smallest absolute Gasteiger partial charge is 0.338 e. The van der Waals surface area contributed by atoms with Gasteiger partial charge in [-0.25, -0.2) is 9.79 Å². The van der Waals surface area contributed by atoms with E-state index in [9.17, 15) is 9.59 Å². The van der Waals surface area contributed by atoms with Gasteiger partial charge in [-0.05, 0) is 81.7 Å². The minimum atomic E-state index is -0.744. The van der Waals surface area contributed by atoms with Gasteiger partial charge in [-0.2, -0.15) is 0 Å². The zero-order valence-electron chi connectivity index (χ0n) is 21.9. The van der Waals surface area contributed by atoms with Crippen LogP contribution in [0.25, 0.3) is 6.08 Å². The molecule has 0 amide bonds. The molecule has 0 saturated carbocycles. The number of thiazole rings is 1. The summed E-state index contributed by atoms with van der Waals surface area (Å²) in [6, 6.07) is 8.61. The summed E-state index contributed by atoms with van der Waals surface area (Å²) in [6.07, 6.45) is 1.78. The summed E-state index contributed by atoms with van der Waals surface area (Å²) in [5.74, 6) is 0.569. The lowest BCUT2D eigenvalue weighted by Gasteiger charge is -2.25. The third-order valence-electron chi connectivity index (χ3n) is 5.98. The second-order valence-corrected chi connectivity index (χ2v) is 11.7. The number of ether oxygens (including phenoxy) is 3. The molecule has 0 N–H and O–H groups in total. The first-order valence-electron chi connectivity index (χ1n) is 12.1. The molecule has 38 heavy (non-hydrogen) atoms. The lowest BCUT2D eigenvalue weighted by molar-refractivity contribution is -0.139. The standard InChI is InChI=1S/C28H28Br2N2O5S/c1-7-36-27(34)24-16(5)31-28-32(25(24)18-8-9-21(37-14(2)3)22(13-18)35-6)26(33)23(38-28)12-17-10-19(29)15(4)20(30)11-17/h8-14,25H,7H2,1-6H3/b23-12+/t25-/m1/s1. The summed E-state index contributed by atoms with van der Waals surface area (Å²) in [5.41, 5.74) is 3.17. The molecule has 7 nitrogen and oxygen atoms in total. The van der Waals surface area contributed by atoms with E-state index in [1.807, 2.05) is 45.0 Å². The van der Waals surface area contributed by atoms with E-state index < -0.39 is 12.0 Å². The van der Waals surface area contributed by atoms with Gasteiger partial charge in [-0.15, -0.1) is 0 Å². The summed E-state index contributed by atoms with van der Waals surface area (Å²) >= 11 is 8.43. The molecule has 0 aliphatic carbocycles. The number of hydrogen-bond acceptors (Lipinski definition) is 7. The fourth-order valence-electron chi connectivity index (χ4n) is 4.21. The number of nitrogens with zero attached hydrogens (tertiary/aromatic N) is 2. The van der Waals surface area contributed by atoms with E-state index in [1.54, 1.807) is 37.7 Å². The fourth-order valence-corrected chi connectivity index (χ4v) is 6.48. The number of hydrogen-bond donors (Lipinski definition) is 0. The van der Waals surface area contributed by atoms with Crippen molar-refractivity contribution in [1.82, 2.24) is 4.57 Å². The molecule has 0 saturated heterocycles. The largest absolute Gasteiger partial charge is 0.493 e. The van der Waals surface area contributed by atoms with Gasteiger partial charge in [-0.3, -0.25) is 9.36 Å². The highest BCUT2D eigenvalue weighted by atomic mass is 79.9. The Kier molecular flexibility index (Phi) is 8.64. The fraction of sp³-hybridized carbons (Fsp3) is 0.321. The zero-order chi connectivity index (χ0) is 27.7. The number of aromatic nitrogens is 1. The number of halogens is 2. The van der Waals surface area contributed by atoms with Gasteiger partial charge in [0.05, 0.1) is 41.7 Å². The van der Waals surface area contributed by atoms with Crippen molar-refractivity contribution in [2.24, 2.45) is 4.99 Å². The Morgan fingerprint density at radius 1 is 1.16 bits per heavy atom. The molecular weight excluding hydrogens is 636 g/mol. The van der Waals surface area contributed by atoms with Gasteiger partial charge in [0.1, 0.15) is 0 Å². The van der Waals surface area contributed by atoms with Crippen molar-refractivity contribution in [3.8, 4) is 11.5 Å². The third kappa shape index (κ3) is 5.53. The summed E-state index contributed by atoms with van der Waals surface area (Å²) in [7, 11) is 1.56. The molecule has 200 valence electrons. The topological polar surface area (TPSA) is 79.1 Å². The molecule has 0 unspecified atom stereocenters.